The second-order valence-electron chi connectivity index (χ2n) is 14.6. The lowest BCUT2D eigenvalue weighted by Gasteiger charge is -2.10. The first-order valence-electron chi connectivity index (χ1n) is 19.4. The van der Waals surface area contributed by atoms with Crippen LogP contribution in [0.1, 0.15) is 0 Å². The summed E-state index contributed by atoms with van der Waals surface area (Å²) < 4.78 is 6.14. The van der Waals surface area contributed by atoms with Crippen molar-refractivity contribution in [2.45, 2.75) is 0 Å². The van der Waals surface area contributed by atoms with Crippen LogP contribution in [-0.4, -0.2) is 34.9 Å². The summed E-state index contributed by atoms with van der Waals surface area (Å²) in [4.78, 5) is 34.6. The van der Waals surface area contributed by atoms with Crippen LogP contribution < -0.4 is 0 Å². The summed E-state index contributed by atoms with van der Waals surface area (Å²) in [6.07, 6.45) is 3.63. The molecule has 8 nitrogen and oxygen atoms in total. The summed E-state index contributed by atoms with van der Waals surface area (Å²) in [5, 5.41) is 6.28. The van der Waals surface area contributed by atoms with Crippen molar-refractivity contribution in [1.82, 2.24) is 34.9 Å². The molecule has 0 saturated carbocycles. The van der Waals surface area contributed by atoms with Gasteiger partial charge in [0.2, 0.25) is 0 Å². The van der Waals surface area contributed by atoms with Crippen LogP contribution in [-0.2, 0) is 0 Å². The van der Waals surface area contributed by atoms with Crippen molar-refractivity contribution in [3.8, 4) is 56.7 Å². The van der Waals surface area contributed by atoms with Crippen molar-refractivity contribution < 1.29 is 4.42 Å². The Labute approximate surface area is 336 Å². The first kappa shape index (κ1) is 33.0. The van der Waals surface area contributed by atoms with Crippen LogP contribution in [0.3, 0.4) is 0 Å². The van der Waals surface area contributed by atoms with E-state index < -0.39 is 0 Å². The van der Waals surface area contributed by atoms with E-state index in [1.165, 1.54) is 0 Å². The van der Waals surface area contributed by atoms with E-state index in [-0.39, 0.29) is 0 Å². The second kappa shape index (κ2) is 13.2. The van der Waals surface area contributed by atoms with Gasteiger partial charge in [0.25, 0.3) is 0 Å². The highest BCUT2D eigenvalue weighted by Gasteiger charge is 2.16. The first-order chi connectivity index (χ1) is 29.2. The predicted molar refractivity (Wildman–Crippen MR) is 235 cm³/mol. The van der Waals surface area contributed by atoms with Crippen molar-refractivity contribution in [1.29, 1.82) is 0 Å². The van der Waals surface area contributed by atoms with E-state index in [9.17, 15) is 0 Å². The molecular weight excluding hydrogens is 727 g/mol. The normalized spacial score (nSPS) is 11.7. The number of furan rings is 1. The monoisotopic (exact) mass is 755 g/mol. The highest BCUT2D eigenvalue weighted by Crippen LogP contribution is 2.34. The summed E-state index contributed by atoms with van der Waals surface area (Å²) in [5.41, 5.74) is 11.5. The fourth-order valence-corrected chi connectivity index (χ4v) is 7.98. The third-order valence-corrected chi connectivity index (χ3v) is 11.0. The molecule has 0 aliphatic heterocycles. The largest absolute Gasteiger partial charge is 0.456 e. The van der Waals surface area contributed by atoms with Gasteiger partial charge >= 0.3 is 0 Å². The van der Waals surface area contributed by atoms with E-state index in [4.69, 9.17) is 29.3 Å². The number of benzene rings is 6. The number of hydrogen-bond acceptors (Lipinski definition) is 8. The SMILES string of the molecule is c1cnc2c(c1)ccc1ccc(-c3ccc(-c4nc(-c5ccc(-c6ccc7ccc8cccnc8c7n6)cc5)nc(-c5ccc6oc7ccccc7c6c5)n4)cc3)nc12. The van der Waals surface area contributed by atoms with Crippen LogP contribution in [0.25, 0.3) is 122 Å². The summed E-state index contributed by atoms with van der Waals surface area (Å²) in [5.74, 6) is 1.70. The van der Waals surface area contributed by atoms with E-state index in [1.807, 2.05) is 79.1 Å². The molecule has 6 aromatic heterocycles. The van der Waals surface area contributed by atoms with Gasteiger partial charge in [-0.25, -0.2) is 24.9 Å². The Morgan fingerprint density at radius 1 is 0.305 bits per heavy atom. The van der Waals surface area contributed by atoms with Crippen LogP contribution in [0.4, 0.5) is 0 Å². The number of nitrogens with zero attached hydrogens (tertiary/aromatic N) is 7. The van der Waals surface area contributed by atoms with Crippen molar-refractivity contribution >= 4 is 65.6 Å². The van der Waals surface area contributed by atoms with E-state index in [1.54, 1.807) is 0 Å². The Bertz CT molecular complexity index is 3440. The Kier molecular flexibility index (Phi) is 7.36. The molecule has 0 amide bonds. The zero-order valence-corrected chi connectivity index (χ0v) is 31.3. The van der Waals surface area contributed by atoms with Crippen molar-refractivity contribution in [2.24, 2.45) is 0 Å². The van der Waals surface area contributed by atoms with Gasteiger partial charge in [-0.1, -0.05) is 115 Å². The maximum atomic E-state index is 6.14. The predicted octanol–water partition coefficient (Wildman–Crippen LogP) is 12.3. The van der Waals surface area contributed by atoms with E-state index in [0.717, 1.165) is 105 Å². The molecule has 6 aromatic carbocycles. The molecule has 12 rings (SSSR count). The lowest BCUT2D eigenvalue weighted by Crippen LogP contribution is -2.00. The third kappa shape index (κ3) is 5.65. The van der Waals surface area contributed by atoms with E-state index in [0.29, 0.717) is 17.5 Å². The standard InChI is InChI=1S/C51H29N7O/c1-2-8-43-39(7-1)40-29-38(23-26-44(40)59-43)51-57-49(36-17-9-30(10-18-36)41-24-21-34-15-13-32-5-3-27-52-45(32)47(34)54-41)56-50(58-51)37-19-11-31(12-20-37)42-25-22-35-16-14-33-6-4-28-53-46(33)48(35)55-42/h1-29H. The van der Waals surface area contributed by atoms with Gasteiger partial charge in [-0.3, -0.25) is 9.97 Å². The minimum absolute atomic E-state index is 0.565. The Hall–Kier alpha value is -8.23. The van der Waals surface area contributed by atoms with Gasteiger partial charge in [-0.2, -0.15) is 0 Å². The van der Waals surface area contributed by atoms with Crippen molar-refractivity contribution in [3.63, 3.8) is 0 Å². The van der Waals surface area contributed by atoms with Crippen LogP contribution in [0.15, 0.2) is 181 Å². The number of pyridine rings is 4. The van der Waals surface area contributed by atoms with Crippen molar-refractivity contribution in [3.05, 3.63) is 176 Å². The fourth-order valence-electron chi connectivity index (χ4n) is 7.98. The minimum Gasteiger partial charge on any atom is -0.456 e. The second-order valence-corrected chi connectivity index (χ2v) is 14.6. The summed E-state index contributed by atoms with van der Waals surface area (Å²) in [7, 11) is 0. The molecule has 0 fully saturated rings. The minimum atomic E-state index is 0.565. The topological polar surface area (TPSA) is 103 Å². The van der Waals surface area contributed by atoms with Crippen molar-refractivity contribution in [2.75, 3.05) is 0 Å². The zero-order chi connectivity index (χ0) is 38.9. The average Bonchev–Trinajstić information content (AvgIpc) is 3.69. The Morgan fingerprint density at radius 2 is 0.746 bits per heavy atom. The fraction of sp³-hybridized carbons (Fsp3) is 0. The number of rotatable bonds is 5. The van der Waals surface area contributed by atoms with Crippen LogP contribution in [0.2, 0.25) is 0 Å². The molecule has 0 N–H and O–H groups in total. The molecule has 0 bridgehead atoms. The highest BCUT2D eigenvalue weighted by molar-refractivity contribution is 6.06. The van der Waals surface area contributed by atoms with E-state index in [2.05, 4.69) is 107 Å². The van der Waals surface area contributed by atoms with Gasteiger partial charge in [-0.05, 0) is 48.5 Å². The molecule has 12 aromatic rings. The number of fused-ring (bicyclic) bond motifs is 9. The summed E-state index contributed by atoms with van der Waals surface area (Å²) in [6.45, 7) is 0. The molecular formula is C51H29N7O. The molecule has 0 atom stereocenters. The molecule has 0 saturated heterocycles. The molecule has 0 aliphatic rings. The molecule has 59 heavy (non-hydrogen) atoms. The molecule has 6 heterocycles. The molecule has 0 unspecified atom stereocenters. The molecule has 274 valence electrons. The van der Waals surface area contributed by atoms with Gasteiger partial charge in [0.15, 0.2) is 17.5 Å². The van der Waals surface area contributed by atoms with Crippen LogP contribution in [0, 0.1) is 0 Å². The first-order valence-corrected chi connectivity index (χ1v) is 19.4. The lowest BCUT2D eigenvalue weighted by atomic mass is 10.0. The van der Waals surface area contributed by atoms with Gasteiger partial charge in [0, 0.05) is 72.5 Å². The number of aromatic nitrogens is 7. The van der Waals surface area contributed by atoms with Gasteiger partial charge in [0.1, 0.15) is 11.2 Å². The number of hydrogen-bond donors (Lipinski definition) is 0. The molecule has 8 heteroatoms. The maximum absolute atomic E-state index is 6.14. The molecule has 0 radical (unpaired) electrons. The third-order valence-electron chi connectivity index (χ3n) is 11.0. The van der Waals surface area contributed by atoms with E-state index >= 15 is 0 Å². The quantitative estimate of drug-likeness (QED) is 0.160. The lowest BCUT2D eigenvalue weighted by molar-refractivity contribution is 0.669. The van der Waals surface area contributed by atoms with Crippen LogP contribution >= 0.6 is 0 Å². The summed E-state index contributed by atoms with van der Waals surface area (Å²) >= 11 is 0. The Morgan fingerprint density at radius 3 is 1.31 bits per heavy atom. The zero-order valence-electron chi connectivity index (χ0n) is 31.3. The average molecular weight is 756 g/mol. The smallest absolute Gasteiger partial charge is 0.164 e. The molecule has 0 aliphatic carbocycles. The number of para-hydroxylation sites is 1. The van der Waals surface area contributed by atoms with Gasteiger partial charge < -0.3 is 4.42 Å². The summed E-state index contributed by atoms with van der Waals surface area (Å²) in [6, 6.07) is 55.3. The highest BCUT2D eigenvalue weighted by atomic mass is 16.3. The van der Waals surface area contributed by atoms with Gasteiger partial charge in [0.05, 0.1) is 33.5 Å². The van der Waals surface area contributed by atoms with Crippen LogP contribution in [0.5, 0.6) is 0 Å². The molecule has 0 spiro atoms. The maximum Gasteiger partial charge on any atom is 0.164 e. The van der Waals surface area contributed by atoms with Gasteiger partial charge in [-0.15, -0.1) is 0 Å². The Balaban J connectivity index is 0.951.